The molecule has 2 heteroatoms. The normalized spacial score (nSPS) is 31.3. The van der Waals surface area contributed by atoms with Gasteiger partial charge >= 0.3 is 0 Å². The third-order valence-electron chi connectivity index (χ3n) is 5.98. The Kier molecular flexibility index (Phi) is 7.01. The van der Waals surface area contributed by atoms with Crippen LogP contribution in [0.3, 0.4) is 0 Å². The Morgan fingerprint density at radius 2 is 1.33 bits per heavy atom. The Balaban J connectivity index is 2.00. The van der Waals surface area contributed by atoms with Crippen molar-refractivity contribution in [3.8, 4) is 0 Å². The summed E-state index contributed by atoms with van der Waals surface area (Å²) in [6, 6.07) is 0. The van der Waals surface area contributed by atoms with Crippen LogP contribution in [0.4, 0.5) is 0 Å². The fourth-order valence-corrected chi connectivity index (χ4v) is 4.60. The lowest BCUT2D eigenvalue weighted by Gasteiger charge is -2.36. The molecule has 2 nitrogen and oxygen atoms in total. The minimum Gasteiger partial charge on any atom is -0.328 e. The number of hydrogen-bond acceptors (Lipinski definition) is 1. The smallest absolute Gasteiger partial charge is 0.0814 e. The highest BCUT2D eigenvalue weighted by Crippen LogP contribution is 2.31. The van der Waals surface area contributed by atoms with Gasteiger partial charge in [0.2, 0.25) is 0 Å². The Morgan fingerprint density at radius 1 is 0.714 bits per heavy atom. The van der Waals surface area contributed by atoms with Crippen molar-refractivity contribution >= 4 is 0 Å². The maximum Gasteiger partial charge on any atom is 0.0814 e. The Hall–Kier alpha value is -0.0800. The molecule has 1 atom stereocenters. The molecular weight excluding hydrogens is 256 g/mol. The highest BCUT2D eigenvalue weighted by molar-refractivity contribution is 4.74. The van der Waals surface area contributed by atoms with Gasteiger partial charge in [-0.1, -0.05) is 38.5 Å². The minimum atomic E-state index is 0.957. The third kappa shape index (κ3) is 6.28. The van der Waals surface area contributed by atoms with E-state index in [0.717, 1.165) is 11.8 Å². The molecule has 2 fully saturated rings. The first kappa shape index (κ1) is 17.3. The summed E-state index contributed by atoms with van der Waals surface area (Å²) in [6.07, 6.45) is 14.7. The van der Waals surface area contributed by atoms with Crippen molar-refractivity contribution in [3.05, 3.63) is 0 Å². The Bertz CT molecular complexity index is 277. The van der Waals surface area contributed by atoms with E-state index in [2.05, 4.69) is 26.0 Å². The molecule has 124 valence electrons. The SMILES string of the molecule is CN1CCC[N+](C)(C)CC(C2CCCCCCCC2)CC1. The van der Waals surface area contributed by atoms with E-state index < -0.39 is 0 Å². The summed E-state index contributed by atoms with van der Waals surface area (Å²) < 4.78 is 1.25. The van der Waals surface area contributed by atoms with Crippen LogP contribution < -0.4 is 0 Å². The van der Waals surface area contributed by atoms with E-state index in [9.17, 15) is 0 Å². The van der Waals surface area contributed by atoms with Gasteiger partial charge in [-0.2, -0.15) is 0 Å². The van der Waals surface area contributed by atoms with E-state index in [0.29, 0.717) is 0 Å². The van der Waals surface area contributed by atoms with Crippen LogP contribution in [0.15, 0.2) is 0 Å². The van der Waals surface area contributed by atoms with E-state index >= 15 is 0 Å². The maximum atomic E-state index is 2.58. The summed E-state index contributed by atoms with van der Waals surface area (Å²) in [5, 5.41) is 0. The number of nitrogens with zero attached hydrogens (tertiary/aromatic N) is 2. The molecule has 1 heterocycles. The molecule has 21 heavy (non-hydrogen) atoms. The molecule has 0 aromatic carbocycles. The third-order valence-corrected chi connectivity index (χ3v) is 5.98. The van der Waals surface area contributed by atoms with E-state index in [1.807, 2.05) is 0 Å². The average molecular weight is 296 g/mol. The molecule has 1 saturated heterocycles. The van der Waals surface area contributed by atoms with E-state index in [1.165, 1.54) is 94.9 Å². The number of hydrogen-bond donors (Lipinski definition) is 0. The number of rotatable bonds is 1. The molecule has 0 aromatic rings. The van der Waals surface area contributed by atoms with Crippen molar-refractivity contribution in [2.75, 3.05) is 47.3 Å². The van der Waals surface area contributed by atoms with Crippen LogP contribution in [0.1, 0.15) is 64.2 Å². The fourth-order valence-electron chi connectivity index (χ4n) is 4.60. The highest BCUT2D eigenvalue weighted by atomic mass is 15.3. The summed E-state index contributed by atoms with van der Waals surface area (Å²) in [4.78, 5) is 2.58. The summed E-state index contributed by atoms with van der Waals surface area (Å²) >= 11 is 0. The molecule has 0 N–H and O–H groups in total. The van der Waals surface area contributed by atoms with Crippen LogP contribution in [0, 0.1) is 11.8 Å². The van der Waals surface area contributed by atoms with Crippen molar-refractivity contribution in [2.45, 2.75) is 64.2 Å². The molecule has 2 aliphatic rings. The molecule has 0 radical (unpaired) electrons. The van der Waals surface area contributed by atoms with Crippen LogP contribution in [0.5, 0.6) is 0 Å². The van der Waals surface area contributed by atoms with E-state index in [4.69, 9.17) is 0 Å². The number of quaternary nitrogens is 1. The molecule has 1 aliphatic heterocycles. The van der Waals surface area contributed by atoms with Crippen molar-refractivity contribution in [3.63, 3.8) is 0 Å². The van der Waals surface area contributed by atoms with Gasteiger partial charge < -0.3 is 9.38 Å². The standard InChI is InChI=1S/C19H39N2/c1-20-14-10-16-21(2,3)17-19(13-15-20)18-11-8-6-4-5-7-9-12-18/h18-19H,4-17H2,1-3H3/q+1. The van der Waals surface area contributed by atoms with Crippen LogP contribution in [0.2, 0.25) is 0 Å². The molecular formula is C19H39N2+. The lowest BCUT2D eigenvalue weighted by atomic mass is 9.81. The monoisotopic (exact) mass is 295 g/mol. The molecule has 1 aliphatic carbocycles. The van der Waals surface area contributed by atoms with E-state index in [1.54, 1.807) is 0 Å². The van der Waals surface area contributed by atoms with E-state index in [-0.39, 0.29) is 0 Å². The topological polar surface area (TPSA) is 3.24 Å². The van der Waals surface area contributed by atoms with Gasteiger partial charge in [-0.25, -0.2) is 0 Å². The van der Waals surface area contributed by atoms with Gasteiger partial charge in [0.15, 0.2) is 0 Å². The molecule has 0 spiro atoms. The van der Waals surface area contributed by atoms with Crippen molar-refractivity contribution in [2.24, 2.45) is 11.8 Å². The summed E-state index contributed by atoms with van der Waals surface area (Å²) in [6.45, 7) is 5.38. The Labute approximate surface area is 133 Å². The van der Waals surface area contributed by atoms with Gasteiger partial charge in [0.25, 0.3) is 0 Å². The maximum absolute atomic E-state index is 2.58. The quantitative estimate of drug-likeness (QED) is 0.657. The van der Waals surface area contributed by atoms with Gasteiger partial charge in [0.05, 0.1) is 27.2 Å². The summed E-state index contributed by atoms with van der Waals surface area (Å²) in [5.41, 5.74) is 0. The largest absolute Gasteiger partial charge is 0.328 e. The zero-order valence-electron chi connectivity index (χ0n) is 14.9. The summed E-state index contributed by atoms with van der Waals surface area (Å²) in [7, 11) is 7.26. The van der Waals surface area contributed by atoms with Crippen LogP contribution in [-0.4, -0.2) is 56.7 Å². The van der Waals surface area contributed by atoms with Crippen LogP contribution in [-0.2, 0) is 0 Å². The predicted octanol–water partition coefficient (Wildman–Crippen LogP) is 4.16. The lowest BCUT2D eigenvalue weighted by Crippen LogP contribution is -2.45. The van der Waals surface area contributed by atoms with Crippen molar-refractivity contribution in [1.82, 2.24) is 4.90 Å². The average Bonchev–Trinajstić information content (AvgIpc) is 2.59. The van der Waals surface area contributed by atoms with Gasteiger partial charge in [0, 0.05) is 18.9 Å². The van der Waals surface area contributed by atoms with Gasteiger partial charge in [-0.3, -0.25) is 0 Å². The second kappa shape index (κ2) is 8.53. The molecule has 2 rings (SSSR count). The van der Waals surface area contributed by atoms with Crippen molar-refractivity contribution < 1.29 is 4.48 Å². The highest BCUT2D eigenvalue weighted by Gasteiger charge is 2.30. The molecule has 1 saturated carbocycles. The molecule has 0 aromatic heterocycles. The Morgan fingerprint density at radius 3 is 2.00 bits per heavy atom. The first-order chi connectivity index (χ1) is 10.1. The lowest BCUT2D eigenvalue weighted by molar-refractivity contribution is -0.894. The summed E-state index contributed by atoms with van der Waals surface area (Å²) in [5.74, 6) is 1.96. The first-order valence-corrected chi connectivity index (χ1v) is 9.57. The second-order valence-electron chi connectivity index (χ2n) is 8.51. The molecule has 1 unspecified atom stereocenters. The van der Waals surface area contributed by atoms with Crippen LogP contribution in [0.25, 0.3) is 0 Å². The fraction of sp³-hybridized carbons (Fsp3) is 1.00. The van der Waals surface area contributed by atoms with Crippen LogP contribution >= 0.6 is 0 Å². The minimum absolute atomic E-state index is 0.957. The zero-order valence-corrected chi connectivity index (χ0v) is 14.9. The zero-order chi connectivity index (χ0) is 15.1. The first-order valence-electron chi connectivity index (χ1n) is 9.57. The second-order valence-corrected chi connectivity index (χ2v) is 8.51. The van der Waals surface area contributed by atoms with Gasteiger partial charge in [-0.05, 0) is 38.8 Å². The predicted molar refractivity (Wildman–Crippen MR) is 92.5 cm³/mol. The van der Waals surface area contributed by atoms with Gasteiger partial charge in [0.1, 0.15) is 0 Å². The van der Waals surface area contributed by atoms with Crippen molar-refractivity contribution in [1.29, 1.82) is 0 Å². The molecule has 0 bridgehead atoms. The van der Waals surface area contributed by atoms with Gasteiger partial charge in [-0.15, -0.1) is 0 Å². The molecule has 0 amide bonds.